The van der Waals surface area contributed by atoms with E-state index in [4.69, 9.17) is 14.5 Å². The summed E-state index contributed by atoms with van der Waals surface area (Å²) in [5.74, 6) is 1.04. The van der Waals surface area contributed by atoms with E-state index in [1.807, 2.05) is 32.3 Å². The molecule has 0 aliphatic carbocycles. The van der Waals surface area contributed by atoms with Gasteiger partial charge < -0.3 is 14.4 Å². The summed E-state index contributed by atoms with van der Waals surface area (Å²) in [5, 5.41) is 0.714. The Hall–Kier alpha value is -2.64. The molecule has 6 nitrogen and oxygen atoms in total. The van der Waals surface area contributed by atoms with Crippen LogP contribution in [0.25, 0.3) is 10.2 Å². The molecule has 1 amide bonds. The first-order valence-corrected chi connectivity index (χ1v) is 10.8. The molecule has 0 radical (unpaired) electrons. The molecule has 3 rings (SSSR count). The zero-order valence-corrected chi connectivity index (χ0v) is 19.1. The molecule has 0 spiro atoms. The lowest BCUT2D eigenvalue weighted by Gasteiger charge is -2.21. The van der Waals surface area contributed by atoms with Crippen LogP contribution >= 0.6 is 11.3 Å². The summed E-state index contributed by atoms with van der Waals surface area (Å²) in [6.07, 6.45) is 0.849. The number of hydrogen-bond donors (Lipinski definition) is 0. The molecule has 0 unspecified atom stereocenters. The molecular weight excluding hydrogens is 398 g/mol. The number of ether oxygens (including phenoxy) is 2. The van der Waals surface area contributed by atoms with Gasteiger partial charge in [0.15, 0.2) is 23.2 Å². The van der Waals surface area contributed by atoms with Crippen LogP contribution in [0.15, 0.2) is 36.4 Å². The van der Waals surface area contributed by atoms with Gasteiger partial charge in [0, 0.05) is 6.54 Å². The summed E-state index contributed by atoms with van der Waals surface area (Å²) in [7, 11) is 5.64. The second kappa shape index (κ2) is 9.91. The highest BCUT2D eigenvalue weighted by molar-refractivity contribution is 7.22. The Morgan fingerprint density at radius 3 is 2.53 bits per heavy atom. The predicted molar refractivity (Wildman–Crippen MR) is 123 cm³/mol. The minimum atomic E-state index is -0.118. The number of para-hydroxylation sites is 2. The molecule has 7 heteroatoms. The number of carbonyl (C=O) groups excluding carboxylic acids is 1. The Labute approximate surface area is 182 Å². The maximum absolute atomic E-state index is 13.1. The fourth-order valence-corrected chi connectivity index (χ4v) is 4.37. The Bertz CT molecular complexity index is 1020. The molecule has 160 valence electrons. The molecule has 0 bridgehead atoms. The number of anilines is 1. The summed E-state index contributed by atoms with van der Waals surface area (Å²) < 4.78 is 12.2. The molecule has 0 saturated heterocycles. The zero-order chi connectivity index (χ0) is 21.7. The summed E-state index contributed by atoms with van der Waals surface area (Å²) in [6, 6.07) is 11.5. The van der Waals surface area contributed by atoms with Crippen molar-refractivity contribution in [2.45, 2.75) is 20.3 Å². The van der Waals surface area contributed by atoms with Crippen molar-refractivity contribution in [3.63, 3.8) is 0 Å². The van der Waals surface area contributed by atoms with Gasteiger partial charge in [0.2, 0.25) is 0 Å². The maximum Gasteiger partial charge on any atom is 0.266 e. The quantitative estimate of drug-likeness (QED) is 0.510. The van der Waals surface area contributed by atoms with Crippen molar-refractivity contribution in [1.82, 2.24) is 9.88 Å². The van der Waals surface area contributed by atoms with Gasteiger partial charge in [0.25, 0.3) is 5.91 Å². The van der Waals surface area contributed by atoms with E-state index in [-0.39, 0.29) is 12.5 Å². The first kappa shape index (κ1) is 22.1. The fraction of sp³-hybridized carbons (Fsp3) is 0.391. The van der Waals surface area contributed by atoms with Gasteiger partial charge in [-0.3, -0.25) is 9.69 Å². The molecule has 30 heavy (non-hydrogen) atoms. The highest BCUT2D eigenvalue weighted by Gasteiger charge is 2.21. The van der Waals surface area contributed by atoms with Crippen LogP contribution < -0.4 is 14.4 Å². The number of amides is 1. The van der Waals surface area contributed by atoms with Gasteiger partial charge in [-0.2, -0.15) is 0 Å². The van der Waals surface area contributed by atoms with E-state index in [9.17, 15) is 4.79 Å². The average molecular weight is 428 g/mol. The second-order valence-electron chi connectivity index (χ2n) is 7.57. The molecule has 0 N–H and O–H groups in total. The monoisotopic (exact) mass is 427 g/mol. The summed E-state index contributed by atoms with van der Waals surface area (Å²) >= 11 is 1.56. The Kier molecular flexibility index (Phi) is 7.29. The Balaban J connectivity index is 1.82. The highest BCUT2D eigenvalue weighted by atomic mass is 32.1. The smallest absolute Gasteiger partial charge is 0.266 e. The number of methoxy groups -OCH3 is 1. The number of nitrogens with zero attached hydrogens (tertiary/aromatic N) is 3. The van der Waals surface area contributed by atoms with Crippen LogP contribution in [0.2, 0.25) is 0 Å². The van der Waals surface area contributed by atoms with Crippen LogP contribution in [0.4, 0.5) is 5.13 Å². The molecule has 1 heterocycles. The van der Waals surface area contributed by atoms with Gasteiger partial charge >= 0.3 is 0 Å². The largest absolute Gasteiger partial charge is 0.493 e. The Morgan fingerprint density at radius 1 is 1.10 bits per heavy atom. The van der Waals surface area contributed by atoms with Gasteiger partial charge in [0.05, 0.1) is 17.3 Å². The molecule has 2 aromatic carbocycles. The van der Waals surface area contributed by atoms with E-state index in [0.29, 0.717) is 23.2 Å². The highest BCUT2D eigenvalue weighted by Crippen LogP contribution is 2.32. The number of benzene rings is 2. The SMILES string of the molecule is COc1ccccc1OCC(=O)N(CCCN(C)C)c1nc2cc(C)cc(C)c2s1. The topological polar surface area (TPSA) is 54.9 Å². The van der Waals surface area contributed by atoms with E-state index >= 15 is 0 Å². The first-order chi connectivity index (χ1) is 14.4. The summed E-state index contributed by atoms with van der Waals surface area (Å²) in [6.45, 7) is 5.55. The minimum absolute atomic E-state index is 0.0731. The third-order valence-corrected chi connectivity index (χ3v) is 5.98. The lowest BCUT2D eigenvalue weighted by atomic mass is 10.1. The normalized spacial score (nSPS) is 11.1. The number of aryl methyl sites for hydroxylation is 2. The van der Waals surface area contributed by atoms with E-state index < -0.39 is 0 Å². The van der Waals surface area contributed by atoms with Gasteiger partial charge in [-0.25, -0.2) is 4.98 Å². The average Bonchev–Trinajstić information content (AvgIpc) is 3.13. The summed E-state index contributed by atoms with van der Waals surface area (Å²) in [4.78, 5) is 21.8. The molecule has 0 aliphatic rings. The molecule has 0 fully saturated rings. The van der Waals surface area contributed by atoms with Gasteiger partial charge in [-0.1, -0.05) is 29.5 Å². The predicted octanol–water partition coefficient (Wildman–Crippen LogP) is 4.29. The molecule has 0 saturated carbocycles. The van der Waals surface area contributed by atoms with Crippen molar-refractivity contribution in [3.8, 4) is 11.5 Å². The van der Waals surface area contributed by atoms with Crippen LogP contribution in [-0.2, 0) is 4.79 Å². The third kappa shape index (κ3) is 5.29. The van der Waals surface area contributed by atoms with Gasteiger partial charge in [-0.15, -0.1) is 0 Å². The van der Waals surface area contributed by atoms with Crippen LogP contribution in [0.1, 0.15) is 17.5 Å². The van der Waals surface area contributed by atoms with E-state index in [0.717, 1.165) is 23.2 Å². The maximum atomic E-state index is 13.1. The van der Waals surface area contributed by atoms with Crippen molar-refractivity contribution >= 4 is 32.6 Å². The van der Waals surface area contributed by atoms with Crippen molar-refractivity contribution in [3.05, 3.63) is 47.5 Å². The molecule has 0 aliphatic heterocycles. The van der Waals surface area contributed by atoms with Crippen molar-refractivity contribution < 1.29 is 14.3 Å². The first-order valence-electron chi connectivity index (χ1n) is 9.97. The van der Waals surface area contributed by atoms with Crippen LogP contribution in [-0.4, -0.2) is 56.7 Å². The Morgan fingerprint density at radius 2 is 1.83 bits per heavy atom. The summed E-state index contributed by atoms with van der Waals surface area (Å²) in [5.41, 5.74) is 3.28. The van der Waals surface area contributed by atoms with E-state index in [1.54, 1.807) is 29.4 Å². The van der Waals surface area contributed by atoms with E-state index in [1.165, 1.54) is 11.1 Å². The zero-order valence-electron chi connectivity index (χ0n) is 18.3. The van der Waals surface area contributed by atoms with Gasteiger partial charge in [0.1, 0.15) is 0 Å². The van der Waals surface area contributed by atoms with Crippen molar-refractivity contribution in [2.75, 3.05) is 45.8 Å². The minimum Gasteiger partial charge on any atom is -0.493 e. The molecule has 3 aromatic rings. The number of carbonyl (C=O) groups is 1. The molecular formula is C23H29N3O3S. The van der Waals surface area contributed by atoms with Crippen LogP contribution in [0.3, 0.4) is 0 Å². The van der Waals surface area contributed by atoms with Gasteiger partial charge in [-0.05, 0) is 70.2 Å². The molecule has 1 aromatic heterocycles. The van der Waals surface area contributed by atoms with Crippen LogP contribution in [0.5, 0.6) is 11.5 Å². The number of thiazole rings is 1. The number of rotatable bonds is 9. The second-order valence-corrected chi connectivity index (χ2v) is 8.55. The van der Waals surface area contributed by atoms with Crippen molar-refractivity contribution in [2.24, 2.45) is 0 Å². The number of fused-ring (bicyclic) bond motifs is 1. The lowest BCUT2D eigenvalue weighted by Crippen LogP contribution is -2.36. The standard InChI is InChI=1S/C23H29N3O3S/c1-16-13-17(2)22-18(14-16)24-23(30-22)26(12-8-11-25(3)4)21(27)15-29-20-10-7-6-9-19(20)28-5/h6-7,9-10,13-14H,8,11-12,15H2,1-5H3. The van der Waals surface area contributed by atoms with Crippen molar-refractivity contribution in [1.29, 1.82) is 0 Å². The molecule has 0 atom stereocenters. The third-order valence-electron chi connectivity index (χ3n) is 4.75. The fourth-order valence-electron chi connectivity index (χ4n) is 3.31. The lowest BCUT2D eigenvalue weighted by molar-refractivity contribution is -0.120. The van der Waals surface area contributed by atoms with Crippen LogP contribution in [0, 0.1) is 13.8 Å². The number of aromatic nitrogens is 1. The number of hydrogen-bond acceptors (Lipinski definition) is 6. The van der Waals surface area contributed by atoms with E-state index in [2.05, 4.69) is 30.9 Å².